The lowest BCUT2D eigenvalue weighted by Gasteiger charge is -2.30. The van der Waals surface area contributed by atoms with Gasteiger partial charge in [-0.2, -0.15) is 0 Å². The van der Waals surface area contributed by atoms with E-state index in [-0.39, 0.29) is 12.5 Å². The number of nitrogens with zero attached hydrogens (tertiary/aromatic N) is 2. The van der Waals surface area contributed by atoms with Crippen LogP contribution in [0.4, 0.5) is 4.79 Å². The fraction of sp³-hybridized carbons (Fsp3) is 0.792. The lowest BCUT2D eigenvalue weighted by atomic mass is 10.0. The summed E-state index contributed by atoms with van der Waals surface area (Å²) in [5.41, 5.74) is -1.59. The van der Waals surface area contributed by atoms with Crippen LogP contribution in [0, 0.1) is 5.92 Å². The van der Waals surface area contributed by atoms with E-state index in [1.165, 1.54) is 4.90 Å². The highest BCUT2D eigenvalue weighted by Crippen LogP contribution is 2.35. The number of carboxylic acid groups (broad SMARTS) is 1. The summed E-state index contributed by atoms with van der Waals surface area (Å²) in [5.74, 6) is -3.09. The minimum atomic E-state index is -1.33. The molecular weight excluding hydrogens is 458 g/mol. The van der Waals surface area contributed by atoms with Crippen LogP contribution in [0.5, 0.6) is 0 Å². The Labute approximate surface area is 206 Å². The molecule has 2 unspecified atom stereocenters. The van der Waals surface area contributed by atoms with E-state index in [1.807, 2.05) is 13.8 Å². The first-order valence-electron chi connectivity index (χ1n) is 12.0. The van der Waals surface area contributed by atoms with E-state index < -0.39 is 65.2 Å². The van der Waals surface area contributed by atoms with Crippen LogP contribution in [0.2, 0.25) is 0 Å². The maximum absolute atomic E-state index is 13.4. The van der Waals surface area contributed by atoms with E-state index in [0.29, 0.717) is 19.3 Å². The Hall–Kier alpha value is -2.85. The zero-order valence-corrected chi connectivity index (χ0v) is 21.9. The molecule has 0 bridgehead atoms. The van der Waals surface area contributed by atoms with E-state index >= 15 is 0 Å². The summed E-state index contributed by atoms with van der Waals surface area (Å²) in [6.07, 6.45) is 0.457. The number of aliphatic carboxylic acids is 1. The number of hydrogen-bond acceptors (Lipinski definition) is 7. The Morgan fingerprint density at radius 3 is 2.03 bits per heavy atom. The molecule has 2 heterocycles. The quantitative estimate of drug-likeness (QED) is 0.401. The van der Waals surface area contributed by atoms with E-state index in [4.69, 9.17) is 9.47 Å². The molecule has 35 heavy (non-hydrogen) atoms. The van der Waals surface area contributed by atoms with Gasteiger partial charge in [0.2, 0.25) is 11.8 Å². The maximum atomic E-state index is 13.4. The SMILES string of the molecule is CC(C)C[C@H](NC(=O)OC(C)(C)C)C(=O)N1CCC[C@@H]1C(=O)N1C(C(=O)O)C1C(=O)OC(C)(C)C. The smallest absolute Gasteiger partial charge is 0.408 e. The number of carboxylic acids is 1. The Morgan fingerprint density at radius 1 is 0.971 bits per heavy atom. The Balaban J connectivity index is 2.19. The molecule has 2 saturated heterocycles. The third-order valence-corrected chi connectivity index (χ3v) is 5.48. The molecule has 2 rings (SSSR count). The number of alkyl carbamates (subject to hydrolysis) is 1. The van der Waals surface area contributed by atoms with Crippen LogP contribution in [0.1, 0.15) is 74.7 Å². The van der Waals surface area contributed by atoms with Crippen LogP contribution in [0.3, 0.4) is 0 Å². The molecule has 0 aromatic rings. The van der Waals surface area contributed by atoms with E-state index in [2.05, 4.69) is 5.32 Å². The van der Waals surface area contributed by atoms with Gasteiger partial charge < -0.3 is 29.7 Å². The van der Waals surface area contributed by atoms with Crippen LogP contribution in [0.25, 0.3) is 0 Å². The molecule has 198 valence electrons. The summed E-state index contributed by atoms with van der Waals surface area (Å²) in [4.78, 5) is 65.7. The Kier molecular flexibility index (Phi) is 8.44. The molecule has 2 aliphatic rings. The number of rotatable bonds is 7. The molecule has 0 aromatic heterocycles. The Morgan fingerprint density at radius 2 is 1.54 bits per heavy atom. The van der Waals surface area contributed by atoms with Crippen molar-refractivity contribution < 1.29 is 38.6 Å². The third-order valence-electron chi connectivity index (χ3n) is 5.48. The topological polar surface area (TPSA) is 142 Å². The summed E-state index contributed by atoms with van der Waals surface area (Å²) in [5, 5.41) is 12.2. The van der Waals surface area contributed by atoms with Gasteiger partial charge in [0, 0.05) is 6.54 Å². The van der Waals surface area contributed by atoms with Crippen molar-refractivity contribution in [1.29, 1.82) is 0 Å². The minimum Gasteiger partial charge on any atom is -0.480 e. The lowest BCUT2D eigenvalue weighted by molar-refractivity contribution is -0.156. The highest BCUT2D eigenvalue weighted by atomic mass is 16.6. The second-order valence-electron chi connectivity index (χ2n) is 11.5. The molecule has 0 aliphatic carbocycles. The van der Waals surface area contributed by atoms with E-state index in [0.717, 1.165) is 4.90 Å². The minimum absolute atomic E-state index is 0.0655. The molecule has 3 amide bonds. The van der Waals surface area contributed by atoms with E-state index in [9.17, 15) is 29.1 Å². The van der Waals surface area contributed by atoms with Gasteiger partial charge in [0.05, 0.1) is 0 Å². The molecule has 2 aliphatic heterocycles. The van der Waals surface area contributed by atoms with Crippen LogP contribution in [-0.4, -0.2) is 86.7 Å². The number of nitrogens with one attached hydrogen (secondary N) is 1. The molecule has 11 heteroatoms. The lowest BCUT2D eigenvalue weighted by Crippen LogP contribution is -2.53. The van der Waals surface area contributed by atoms with Crippen molar-refractivity contribution in [3.8, 4) is 0 Å². The zero-order valence-electron chi connectivity index (χ0n) is 21.9. The van der Waals surface area contributed by atoms with Crippen molar-refractivity contribution in [3.63, 3.8) is 0 Å². The van der Waals surface area contributed by atoms with Gasteiger partial charge in [0.25, 0.3) is 0 Å². The van der Waals surface area contributed by atoms with Gasteiger partial charge in [0.15, 0.2) is 12.1 Å². The van der Waals surface area contributed by atoms with Gasteiger partial charge in [-0.1, -0.05) is 13.8 Å². The number of carbonyl (C=O) groups is 5. The molecule has 0 aromatic carbocycles. The maximum Gasteiger partial charge on any atom is 0.408 e. The van der Waals surface area contributed by atoms with Gasteiger partial charge in [-0.05, 0) is 66.7 Å². The largest absolute Gasteiger partial charge is 0.480 e. The van der Waals surface area contributed by atoms with Crippen molar-refractivity contribution >= 4 is 29.8 Å². The monoisotopic (exact) mass is 497 g/mol. The molecule has 2 N–H and O–H groups in total. The average Bonchev–Trinajstić information content (AvgIpc) is 3.23. The third kappa shape index (κ3) is 7.57. The van der Waals surface area contributed by atoms with Crippen LogP contribution in [0.15, 0.2) is 0 Å². The Bertz CT molecular complexity index is 858. The number of hydrogen-bond donors (Lipinski definition) is 2. The van der Waals surface area contributed by atoms with Crippen molar-refractivity contribution in [3.05, 3.63) is 0 Å². The predicted octanol–water partition coefficient (Wildman–Crippen LogP) is 1.92. The first-order chi connectivity index (χ1) is 15.9. The summed E-state index contributed by atoms with van der Waals surface area (Å²) in [6.45, 7) is 14.2. The molecule has 4 atom stereocenters. The number of esters is 1. The van der Waals surface area contributed by atoms with Crippen LogP contribution >= 0.6 is 0 Å². The van der Waals surface area contributed by atoms with Crippen LogP contribution < -0.4 is 5.32 Å². The molecular formula is C24H39N3O8. The van der Waals surface area contributed by atoms with Gasteiger partial charge in [0.1, 0.15) is 23.3 Å². The van der Waals surface area contributed by atoms with Gasteiger partial charge in [-0.25, -0.2) is 14.4 Å². The molecule has 2 fully saturated rings. The highest BCUT2D eigenvalue weighted by molar-refractivity contribution is 6.03. The molecule has 0 radical (unpaired) electrons. The van der Waals surface area contributed by atoms with Crippen molar-refractivity contribution in [2.24, 2.45) is 5.92 Å². The normalized spacial score (nSPS) is 23.1. The fourth-order valence-corrected chi connectivity index (χ4v) is 4.17. The van der Waals surface area contributed by atoms with Gasteiger partial charge in [-0.3, -0.25) is 9.59 Å². The molecule has 11 nitrogen and oxygen atoms in total. The predicted molar refractivity (Wildman–Crippen MR) is 125 cm³/mol. The standard InChI is InChI=1S/C24H39N3O8/c1-13(2)12-14(25-22(33)35-24(6,7)8)18(28)26-11-9-10-15(26)19(29)27-16(20(30)31)17(27)21(32)34-23(3,4)5/h13-17H,9-12H2,1-8H3,(H,25,33)(H,30,31)/t14-,15+,16?,17?,27?/m0/s1. The average molecular weight is 498 g/mol. The number of ether oxygens (including phenoxy) is 2. The first kappa shape index (κ1) is 28.4. The van der Waals surface area contributed by atoms with Crippen molar-refractivity contribution in [2.45, 2.75) is 110 Å². The van der Waals surface area contributed by atoms with Crippen molar-refractivity contribution in [1.82, 2.24) is 15.1 Å². The summed E-state index contributed by atoms with van der Waals surface area (Å²) in [7, 11) is 0. The number of amides is 3. The number of likely N-dealkylation sites (tertiary alicyclic amines) is 1. The van der Waals surface area contributed by atoms with Crippen molar-refractivity contribution in [2.75, 3.05) is 6.54 Å². The van der Waals surface area contributed by atoms with Crippen LogP contribution in [-0.2, 0) is 28.7 Å². The fourth-order valence-electron chi connectivity index (χ4n) is 4.17. The second kappa shape index (κ2) is 10.4. The first-order valence-corrected chi connectivity index (χ1v) is 12.0. The number of carbonyl (C=O) groups excluding carboxylic acids is 4. The summed E-state index contributed by atoms with van der Waals surface area (Å²) < 4.78 is 10.6. The van der Waals surface area contributed by atoms with E-state index in [1.54, 1.807) is 41.5 Å². The highest BCUT2D eigenvalue weighted by Gasteiger charge is 2.63. The summed E-state index contributed by atoms with van der Waals surface area (Å²) in [6, 6.07) is -4.40. The molecule has 0 spiro atoms. The second-order valence-corrected chi connectivity index (χ2v) is 11.5. The molecule has 0 saturated carbocycles. The zero-order chi connectivity index (χ0) is 26.9. The summed E-state index contributed by atoms with van der Waals surface area (Å²) >= 11 is 0. The van der Waals surface area contributed by atoms with Gasteiger partial charge in [-0.15, -0.1) is 0 Å². The van der Waals surface area contributed by atoms with Gasteiger partial charge >= 0.3 is 18.0 Å².